The summed E-state index contributed by atoms with van der Waals surface area (Å²) in [6.07, 6.45) is 4.97. The Kier molecular flexibility index (Phi) is 6.01. The van der Waals surface area contributed by atoms with E-state index in [0.717, 1.165) is 25.1 Å². The minimum atomic E-state index is 0.0410. The van der Waals surface area contributed by atoms with Gasteiger partial charge in [-0.2, -0.15) is 0 Å². The van der Waals surface area contributed by atoms with Gasteiger partial charge in [-0.1, -0.05) is 39.3 Å². The van der Waals surface area contributed by atoms with Gasteiger partial charge in [-0.25, -0.2) is 0 Å². The number of likely N-dealkylation sites (tertiary alicyclic amines) is 1. The summed E-state index contributed by atoms with van der Waals surface area (Å²) in [5.41, 5.74) is 2.33. The van der Waals surface area contributed by atoms with E-state index < -0.39 is 0 Å². The lowest BCUT2D eigenvalue weighted by Crippen LogP contribution is -2.37. The van der Waals surface area contributed by atoms with E-state index in [0.29, 0.717) is 0 Å². The van der Waals surface area contributed by atoms with Gasteiger partial charge in [0.1, 0.15) is 0 Å². The van der Waals surface area contributed by atoms with Crippen LogP contribution in [0.25, 0.3) is 0 Å². The quantitative estimate of drug-likeness (QED) is 0.903. The fraction of sp³-hybridized carbons (Fsp3) is 0.632. The number of hydrogen-bond acceptors (Lipinski definition) is 2. The van der Waals surface area contributed by atoms with Crippen molar-refractivity contribution >= 4 is 5.91 Å². The van der Waals surface area contributed by atoms with E-state index >= 15 is 0 Å². The molecule has 0 aromatic heterocycles. The Morgan fingerprint density at radius 1 is 1.09 bits per heavy atom. The van der Waals surface area contributed by atoms with Crippen LogP contribution in [0.15, 0.2) is 24.3 Å². The zero-order valence-electron chi connectivity index (χ0n) is 14.3. The summed E-state index contributed by atoms with van der Waals surface area (Å²) < 4.78 is 0. The first-order valence-corrected chi connectivity index (χ1v) is 8.53. The maximum absolute atomic E-state index is 12.2. The lowest BCUT2D eigenvalue weighted by molar-refractivity contribution is 0.0946. The SMILES string of the molecule is CC(C)(C)Cc1ccc(C(=O)NCCN2CCCCC2)cc1. The number of rotatable bonds is 5. The topological polar surface area (TPSA) is 32.3 Å². The number of hydrogen-bond donors (Lipinski definition) is 1. The van der Waals surface area contributed by atoms with Crippen molar-refractivity contribution in [1.29, 1.82) is 0 Å². The summed E-state index contributed by atoms with van der Waals surface area (Å²) in [7, 11) is 0. The number of nitrogens with one attached hydrogen (secondary N) is 1. The summed E-state index contributed by atoms with van der Waals surface area (Å²) in [6, 6.07) is 8.03. The van der Waals surface area contributed by atoms with Crippen molar-refractivity contribution in [2.45, 2.75) is 46.5 Å². The normalized spacial score (nSPS) is 16.5. The van der Waals surface area contributed by atoms with Crippen LogP contribution in [-0.4, -0.2) is 37.0 Å². The molecule has 1 aliphatic rings. The predicted octanol–water partition coefficient (Wildman–Crippen LogP) is 3.49. The molecule has 1 amide bonds. The molecule has 0 saturated carbocycles. The standard InChI is InChI=1S/C19H30N2O/c1-19(2,3)15-16-7-9-17(10-8-16)18(22)20-11-14-21-12-5-4-6-13-21/h7-10H,4-6,11-15H2,1-3H3,(H,20,22). The Labute approximate surface area is 135 Å². The number of piperidine rings is 1. The number of carbonyl (C=O) groups excluding carboxylic acids is 1. The summed E-state index contributed by atoms with van der Waals surface area (Å²) in [5, 5.41) is 3.03. The maximum atomic E-state index is 12.2. The molecule has 0 aliphatic carbocycles. The van der Waals surface area contributed by atoms with Gasteiger partial charge >= 0.3 is 0 Å². The van der Waals surface area contributed by atoms with Crippen LogP contribution in [0, 0.1) is 5.41 Å². The van der Waals surface area contributed by atoms with Gasteiger partial charge < -0.3 is 10.2 Å². The zero-order chi connectivity index (χ0) is 16.0. The molecule has 1 aromatic carbocycles. The van der Waals surface area contributed by atoms with Gasteiger partial charge in [0.25, 0.3) is 5.91 Å². The van der Waals surface area contributed by atoms with Gasteiger partial charge in [-0.15, -0.1) is 0 Å². The van der Waals surface area contributed by atoms with Crippen molar-refractivity contribution in [3.05, 3.63) is 35.4 Å². The highest BCUT2D eigenvalue weighted by molar-refractivity contribution is 5.94. The van der Waals surface area contributed by atoms with E-state index in [1.54, 1.807) is 0 Å². The van der Waals surface area contributed by atoms with Crippen molar-refractivity contribution in [3.63, 3.8) is 0 Å². The van der Waals surface area contributed by atoms with Crippen LogP contribution in [-0.2, 0) is 6.42 Å². The molecule has 0 radical (unpaired) electrons. The van der Waals surface area contributed by atoms with Gasteiger partial charge in [-0.05, 0) is 55.5 Å². The molecule has 0 atom stereocenters. The molecule has 1 aliphatic heterocycles. The van der Waals surface area contributed by atoms with Gasteiger partial charge in [0, 0.05) is 18.7 Å². The molecule has 3 heteroatoms. The molecule has 0 bridgehead atoms. The van der Waals surface area contributed by atoms with Crippen molar-refractivity contribution in [3.8, 4) is 0 Å². The average molecular weight is 302 g/mol. The molecule has 3 nitrogen and oxygen atoms in total. The Hall–Kier alpha value is -1.35. The second kappa shape index (κ2) is 7.77. The molecule has 1 saturated heterocycles. The van der Waals surface area contributed by atoms with E-state index in [1.165, 1.54) is 37.9 Å². The monoisotopic (exact) mass is 302 g/mol. The largest absolute Gasteiger partial charge is 0.351 e. The van der Waals surface area contributed by atoms with E-state index in [1.807, 2.05) is 12.1 Å². The Morgan fingerprint density at radius 3 is 2.32 bits per heavy atom. The number of benzene rings is 1. The molecule has 122 valence electrons. The molecule has 22 heavy (non-hydrogen) atoms. The van der Waals surface area contributed by atoms with Crippen molar-refractivity contribution in [2.24, 2.45) is 5.41 Å². The molecule has 1 aromatic rings. The molecule has 1 fully saturated rings. The predicted molar refractivity (Wildman–Crippen MR) is 92.2 cm³/mol. The summed E-state index contributed by atoms with van der Waals surface area (Å²) in [5.74, 6) is 0.0410. The third-order valence-electron chi connectivity index (χ3n) is 4.11. The lowest BCUT2D eigenvalue weighted by Gasteiger charge is -2.26. The Bertz CT molecular complexity index is 467. The van der Waals surface area contributed by atoms with Crippen molar-refractivity contribution in [2.75, 3.05) is 26.2 Å². The van der Waals surface area contributed by atoms with Crippen LogP contribution < -0.4 is 5.32 Å². The van der Waals surface area contributed by atoms with E-state index in [2.05, 4.69) is 43.1 Å². The second-order valence-corrected chi connectivity index (χ2v) is 7.59. The minimum absolute atomic E-state index is 0.0410. The first-order chi connectivity index (χ1) is 10.4. The molecular weight excluding hydrogens is 272 g/mol. The zero-order valence-corrected chi connectivity index (χ0v) is 14.3. The van der Waals surface area contributed by atoms with E-state index in [-0.39, 0.29) is 11.3 Å². The van der Waals surface area contributed by atoms with Crippen LogP contribution in [0.4, 0.5) is 0 Å². The van der Waals surface area contributed by atoms with Crippen LogP contribution in [0.1, 0.15) is 56.0 Å². The van der Waals surface area contributed by atoms with Gasteiger partial charge in [0.2, 0.25) is 0 Å². The van der Waals surface area contributed by atoms with Gasteiger partial charge in [0.15, 0.2) is 0 Å². The number of nitrogens with zero attached hydrogens (tertiary/aromatic N) is 1. The number of amides is 1. The third kappa shape index (κ3) is 5.80. The van der Waals surface area contributed by atoms with Gasteiger partial charge in [0.05, 0.1) is 0 Å². The highest BCUT2D eigenvalue weighted by Crippen LogP contribution is 2.20. The summed E-state index contributed by atoms with van der Waals surface area (Å²) in [4.78, 5) is 14.6. The molecule has 0 unspecified atom stereocenters. The first-order valence-electron chi connectivity index (χ1n) is 8.53. The first kappa shape index (κ1) is 17.0. The van der Waals surface area contributed by atoms with Crippen LogP contribution in [0.2, 0.25) is 0 Å². The Balaban J connectivity index is 1.77. The molecule has 2 rings (SSSR count). The summed E-state index contributed by atoms with van der Waals surface area (Å²) in [6.45, 7) is 10.8. The molecule has 0 spiro atoms. The summed E-state index contributed by atoms with van der Waals surface area (Å²) >= 11 is 0. The molecule has 1 heterocycles. The van der Waals surface area contributed by atoms with Crippen LogP contribution >= 0.6 is 0 Å². The highest BCUT2D eigenvalue weighted by atomic mass is 16.1. The Morgan fingerprint density at radius 2 is 1.73 bits per heavy atom. The lowest BCUT2D eigenvalue weighted by atomic mass is 9.88. The van der Waals surface area contributed by atoms with Crippen molar-refractivity contribution < 1.29 is 4.79 Å². The highest BCUT2D eigenvalue weighted by Gasteiger charge is 2.13. The smallest absolute Gasteiger partial charge is 0.251 e. The molecular formula is C19H30N2O. The van der Waals surface area contributed by atoms with Gasteiger partial charge in [-0.3, -0.25) is 4.79 Å². The fourth-order valence-electron chi connectivity index (χ4n) is 3.00. The second-order valence-electron chi connectivity index (χ2n) is 7.59. The molecule has 1 N–H and O–H groups in total. The third-order valence-corrected chi connectivity index (χ3v) is 4.11. The fourth-order valence-corrected chi connectivity index (χ4v) is 3.00. The minimum Gasteiger partial charge on any atom is -0.351 e. The average Bonchev–Trinajstić information content (AvgIpc) is 2.47. The van der Waals surface area contributed by atoms with Crippen LogP contribution in [0.3, 0.4) is 0 Å². The van der Waals surface area contributed by atoms with Crippen LogP contribution in [0.5, 0.6) is 0 Å². The van der Waals surface area contributed by atoms with E-state index in [4.69, 9.17) is 0 Å². The van der Waals surface area contributed by atoms with E-state index in [9.17, 15) is 4.79 Å². The van der Waals surface area contributed by atoms with Crippen molar-refractivity contribution in [1.82, 2.24) is 10.2 Å². The maximum Gasteiger partial charge on any atom is 0.251 e. The number of carbonyl (C=O) groups is 1.